The molecule has 2 aliphatic rings. The number of benzene rings is 2. The van der Waals surface area contributed by atoms with Gasteiger partial charge in [0.15, 0.2) is 5.76 Å². The summed E-state index contributed by atoms with van der Waals surface area (Å²) in [6.45, 7) is 2.63. The minimum atomic E-state index is -0.328. The van der Waals surface area contributed by atoms with E-state index in [0.717, 1.165) is 5.75 Å². The number of nitrogens with zero attached hydrogens (tertiary/aromatic N) is 2. The second-order valence-electron chi connectivity index (χ2n) is 6.97. The van der Waals surface area contributed by atoms with Crippen LogP contribution in [0, 0.1) is 5.82 Å². The smallest absolute Gasteiger partial charge is 0.291 e. The van der Waals surface area contributed by atoms with Gasteiger partial charge >= 0.3 is 0 Å². The molecule has 4 rings (SSSR count). The molecule has 1 saturated heterocycles. The molecule has 0 spiro atoms. The third-order valence-electron chi connectivity index (χ3n) is 5.00. The molecule has 2 aromatic rings. The van der Waals surface area contributed by atoms with Crippen molar-refractivity contribution in [1.82, 2.24) is 4.90 Å². The van der Waals surface area contributed by atoms with Gasteiger partial charge in [0.2, 0.25) is 0 Å². The highest BCUT2D eigenvalue weighted by Gasteiger charge is 2.24. The average molecular weight is 428 g/mol. The number of nitrogens with one attached hydrogen (secondary N) is 1. The van der Waals surface area contributed by atoms with Crippen molar-refractivity contribution in [3.8, 4) is 0 Å². The van der Waals surface area contributed by atoms with E-state index in [-0.39, 0.29) is 23.4 Å². The Kier molecular flexibility index (Phi) is 6.23. The number of halogens is 1. The Morgan fingerprint density at radius 1 is 1.03 bits per heavy atom. The Balaban J connectivity index is 1.38. The number of anilines is 2. The highest BCUT2D eigenvalue weighted by atomic mass is 32.2. The topological polar surface area (TPSA) is 61.9 Å². The number of rotatable bonds is 4. The highest BCUT2D eigenvalue weighted by molar-refractivity contribution is 8.02. The van der Waals surface area contributed by atoms with E-state index in [0.29, 0.717) is 49.7 Å². The van der Waals surface area contributed by atoms with Crippen LogP contribution in [-0.4, -0.2) is 55.3 Å². The number of hydrogen-bond donors (Lipinski definition) is 1. The van der Waals surface area contributed by atoms with Gasteiger partial charge in [0.25, 0.3) is 11.8 Å². The predicted molar refractivity (Wildman–Crippen MR) is 116 cm³/mol. The van der Waals surface area contributed by atoms with Crippen LogP contribution in [0.25, 0.3) is 0 Å². The van der Waals surface area contributed by atoms with Crippen LogP contribution in [0.1, 0.15) is 10.4 Å². The largest absolute Gasteiger partial charge is 0.487 e. The first kappa shape index (κ1) is 20.3. The third kappa shape index (κ3) is 4.59. The fraction of sp³-hybridized carbons (Fsp3) is 0.273. The van der Waals surface area contributed by atoms with Crippen molar-refractivity contribution < 1.29 is 18.7 Å². The lowest BCUT2D eigenvalue weighted by Gasteiger charge is -2.36. The molecule has 0 atom stereocenters. The average Bonchev–Trinajstić information content (AvgIpc) is 2.80. The molecule has 1 N–H and O–H groups in total. The van der Waals surface area contributed by atoms with Crippen LogP contribution in [0.5, 0.6) is 0 Å². The van der Waals surface area contributed by atoms with Gasteiger partial charge in [-0.25, -0.2) is 4.39 Å². The van der Waals surface area contributed by atoms with Gasteiger partial charge in [-0.1, -0.05) is 18.2 Å². The van der Waals surface area contributed by atoms with Gasteiger partial charge in [-0.3, -0.25) is 9.59 Å². The van der Waals surface area contributed by atoms with Crippen LogP contribution in [0.3, 0.4) is 0 Å². The molecule has 2 heterocycles. The lowest BCUT2D eigenvalue weighted by Crippen LogP contribution is -2.49. The van der Waals surface area contributed by atoms with Crippen LogP contribution in [-0.2, 0) is 9.53 Å². The predicted octanol–water partition coefficient (Wildman–Crippen LogP) is 3.33. The van der Waals surface area contributed by atoms with Gasteiger partial charge < -0.3 is 19.9 Å². The molecule has 2 amide bonds. The molecule has 0 unspecified atom stereocenters. The molecule has 0 aromatic heterocycles. The number of para-hydroxylation sites is 1. The SMILES string of the molecule is O=C(Nc1cccc(C(=O)N2CCN(c3ccccc3F)CC2)c1)C1=CSCCO1. The summed E-state index contributed by atoms with van der Waals surface area (Å²) in [5.74, 6) is 0.419. The number of carbonyl (C=O) groups excluding carboxylic acids is 2. The molecule has 2 aliphatic heterocycles. The quantitative estimate of drug-likeness (QED) is 0.811. The maximum Gasteiger partial charge on any atom is 0.291 e. The zero-order valence-corrected chi connectivity index (χ0v) is 17.2. The van der Waals surface area contributed by atoms with E-state index < -0.39 is 0 Å². The molecule has 8 heteroatoms. The second kappa shape index (κ2) is 9.21. The lowest BCUT2D eigenvalue weighted by atomic mass is 10.1. The van der Waals surface area contributed by atoms with Crippen molar-refractivity contribution >= 4 is 35.0 Å². The van der Waals surface area contributed by atoms with E-state index in [9.17, 15) is 14.0 Å². The number of piperazine rings is 1. The van der Waals surface area contributed by atoms with E-state index in [1.807, 2.05) is 11.0 Å². The van der Waals surface area contributed by atoms with E-state index in [2.05, 4.69) is 5.32 Å². The Labute approximate surface area is 178 Å². The van der Waals surface area contributed by atoms with E-state index in [1.54, 1.807) is 46.7 Å². The molecule has 6 nitrogen and oxygen atoms in total. The third-order valence-corrected chi connectivity index (χ3v) is 5.78. The number of amides is 2. The van der Waals surface area contributed by atoms with E-state index in [1.165, 1.54) is 17.8 Å². The van der Waals surface area contributed by atoms with Crippen molar-refractivity contribution in [2.45, 2.75) is 0 Å². The maximum atomic E-state index is 14.0. The Hall–Kier alpha value is -3.00. The normalized spacial score (nSPS) is 16.5. The number of thioether (sulfide) groups is 1. The first-order valence-corrected chi connectivity index (χ1v) is 10.8. The van der Waals surface area contributed by atoms with Crippen LogP contribution < -0.4 is 10.2 Å². The summed E-state index contributed by atoms with van der Waals surface area (Å²) >= 11 is 1.53. The van der Waals surface area contributed by atoms with Crippen molar-refractivity contribution in [3.63, 3.8) is 0 Å². The highest BCUT2D eigenvalue weighted by Crippen LogP contribution is 2.22. The van der Waals surface area contributed by atoms with Crippen molar-refractivity contribution in [1.29, 1.82) is 0 Å². The fourth-order valence-electron chi connectivity index (χ4n) is 3.45. The Morgan fingerprint density at radius 2 is 1.83 bits per heavy atom. The summed E-state index contributed by atoms with van der Waals surface area (Å²) in [4.78, 5) is 28.9. The van der Waals surface area contributed by atoms with Gasteiger partial charge in [0, 0.05) is 48.6 Å². The van der Waals surface area contributed by atoms with Gasteiger partial charge in [-0.2, -0.15) is 0 Å². The number of ether oxygens (including phenoxy) is 1. The van der Waals surface area contributed by atoms with Crippen LogP contribution in [0.4, 0.5) is 15.8 Å². The maximum absolute atomic E-state index is 14.0. The molecule has 2 aromatic carbocycles. The second-order valence-corrected chi connectivity index (χ2v) is 7.94. The monoisotopic (exact) mass is 427 g/mol. The molecular formula is C22H22FN3O3S. The summed E-state index contributed by atoms with van der Waals surface area (Å²) in [5.41, 5.74) is 1.60. The molecule has 0 radical (unpaired) electrons. The van der Waals surface area contributed by atoms with Gasteiger partial charge in [-0.15, -0.1) is 11.8 Å². The molecular weight excluding hydrogens is 405 g/mol. The van der Waals surface area contributed by atoms with Crippen molar-refractivity contribution in [2.75, 3.05) is 48.8 Å². The fourth-order valence-corrected chi connectivity index (χ4v) is 4.08. The molecule has 1 fully saturated rings. The number of carbonyl (C=O) groups is 2. The zero-order chi connectivity index (χ0) is 20.9. The molecule has 0 saturated carbocycles. The minimum absolute atomic E-state index is 0.108. The zero-order valence-electron chi connectivity index (χ0n) is 16.3. The first-order valence-electron chi connectivity index (χ1n) is 9.76. The van der Waals surface area contributed by atoms with Gasteiger partial charge in [0.05, 0.1) is 12.3 Å². The summed E-state index contributed by atoms with van der Waals surface area (Å²) in [7, 11) is 0. The van der Waals surface area contributed by atoms with Crippen LogP contribution in [0.2, 0.25) is 0 Å². The Bertz CT molecular complexity index is 974. The standard InChI is InChI=1S/C22H22FN3O3S/c23-18-6-1-2-7-19(18)25-8-10-26(11-9-25)22(28)16-4-3-5-17(14-16)24-21(27)20-15-30-13-12-29-20/h1-7,14-15H,8-13H2,(H,24,27). The molecule has 156 valence electrons. The van der Waals surface area contributed by atoms with E-state index in [4.69, 9.17) is 4.74 Å². The summed E-state index contributed by atoms with van der Waals surface area (Å²) in [6.07, 6.45) is 0. The van der Waals surface area contributed by atoms with Crippen molar-refractivity contribution in [3.05, 3.63) is 71.1 Å². The number of hydrogen-bond acceptors (Lipinski definition) is 5. The van der Waals surface area contributed by atoms with Gasteiger partial charge in [0.1, 0.15) is 5.82 Å². The van der Waals surface area contributed by atoms with E-state index >= 15 is 0 Å². The Morgan fingerprint density at radius 3 is 2.57 bits per heavy atom. The molecule has 30 heavy (non-hydrogen) atoms. The summed E-state index contributed by atoms with van der Waals surface area (Å²) in [6, 6.07) is 13.5. The lowest BCUT2D eigenvalue weighted by molar-refractivity contribution is -0.116. The molecule has 0 bridgehead atoms. The minimum Gasteiger partial charge on any atom is -0.487 e. The molecule has 0 aliphatic carbocycles. The van der Waals surface area contributed by atoms with Crippen molar-refractivity contribution in [2.24, 2.45) is 0 Å². The van der Waals surface area contributed by atoms with Gasteiger partial charge in [-0.05, 0) is 30.3 Å². The van der Waals surface area contributed by atoms with Crippen LogP contribution >= 0.6 is 11.8 Å². The van der Waals surface area contributed by atoms with Crippen LogP contribution in [0.15, 0.2) is 59.7 Å². The summed E-state index contributed by atoms with van der Waals surface area (Å²) < 4.78 is 19.4. The summed E-state index contributed by atoms with van der Waals surface area (Å²) in [5, 5.41) is 4.48. The first-order chi connectivity index (χ1) is 14.6.